The quantitative estimate of drug-likeness (QED) is 0.668. The molecule has 0 spiro atoms. The monoisotopic (exact) mass is 355 g/mol. The summed E-state index contributed by atoms with van der Waals surface area (Å²) in [5, 5.41) is 1.39. The zero-order valence-electron chi connectivity index (χ0n) is 14.8. The molecule has 1 N–H and O–H groups in total. The van der Waals surface area contributed by atoms with Crippen molar-refractivity contribution < 1.29 is 0 Å². The predicted octanol–water partition coefficient (Wildman–Crippen LogP) is 5.00. The molecule has 4 nitrogen and oxygen atoms in total. The summed E-state index contributed by atoms with van der Waals surface area (Å²) in [5.74, 6) is 0.640. The van der Waals surface area contributed by atoms with Crippen molar-refractivity contribution in [1.82, 2.24) is 9.97 Å². The number of hydrogen-bond donors (Lipinski definition) is 1. The van der Waals surface area contributed by atoms with Crippen LogP contribution in [0, 0.1) is 6.92 Å². The van der Waals surface area contributed by atoms with Gasteiger partial charge in [-0.15, -0.1) is 0 Å². The smallest absolute Gasteiger partial charge is 0.325 e. The molecule has 25 heavy (non-hydrogen) atoms. The number of benzene rings is 2. The van der Waals surface area contributed by atoms with Crippen molar-refractivity contribution in [3.05, 3.63) is 63.0 Å². The molecule has 2 aromatic carbocycles. The molecule has 0 bridgehead atoms. The van der Waals surface area contributed by atoms with Crippen LogP contribution in [0.4, 0.5) is 11.5 Å². The molecule has 0 atom stereocenters. The molecule has 2 heterocycles. The number of aromatic nitrogens is 2. The number of anilines is 2. The minimum Gasteiger partial charge on any atom is -0.325 e. The van der Waals surface area contributed by atoms with Gasteiger partial charge in [0.25, 0.3) is 0 Å². The van der Waals surface area contributed by atoms with Gasteiger partial charge in [0, 0.05) is 12.2 Å². The first-order chi connectivity index (χ1) is 12.1. The molecule has 1 aromatic heterocycles. The summed E-state index contributed by atoms with van der Waals surface area (Å²) < 4.78 is 0. The van der Waals surface area contributed by atoms with E-state index in [0.717, 1.165) is 30.5 Å². The number of halogens is 1. The maximum absolute atomic E-state index is 12.0. The van der Waals surface area contributed by atoms with E-state index in [2.05, 4.69) is 33.9 Å². The average molecular weight is 356 g/mol. The van der Waals surface area contributed by atoms with Crippen molar-refractivity contribution >= 4 is 34.0 Å². The van der Waals surface area contributed by atoms with Crippen molar-refractivity contribution in [3.8, 4) is 0 Å². The SMILES string of the molecule is CC.Cc1cccc2c1CCCN2c1nc(=O)[nH]c2cccc(Cl)c12. The fourth-order valence-corrected chi connectivity index (χ4v) is 3.62. The van der Waals surface area contributed by atoms with E-state index < -0.39 is 0 Å². The topological polar surface area (TPSA) is 49.0 Å². The zero-order valence-corrected chi connectivity index (χ0v) is 15.5. The Bertz CT molecular complexity index is 965. The highest BCUT2D eigenvalue weighted by atomic mass is 35.5. The minimum atomic E-state index is -0.352. The fraction of sp³-hybridized carbons (Fsp3) is 0.300. The van der Waals surface area contributed by atoms with Crippen LogP contribution in [0.15, 0.2) is 41.2 Å². The molecule has 0 saturated heterocycles. The predicted molar refractivity (Wildman–Crippen MR) is 105 cm³/mol. The summed E-state index contributed by atoms with van der Waals surface area (Å²) in [5.41, 5.74) is 4.07. The summed E-state index contributed by atoms with van der Waals surface area (Å²) in [6, 6.07) is 11.8. The Morgan fingerprint density at radius 3 is 2.72 bits per heavy atom. The van der Waals surface area contributed by atoms with Crippen molar-refractivity contribution in [1.29, 1.82) is 0 Å². The zero-order chi connectivity index (χ0) is 18.0. The normalized spacial score (nSPS) is 13.2. The Labute approximate surface area is 152 Å². The number of nitrogens with one attached hydrogen (secondary N) is 1. The highest BCUT2D eigenvalue weighted by Gasteiger charge is 2.23. The van der Waals surface area contributed by atoms with Crippen LogP contribution in [0.2, 0.25) is 5.02 Å². The summed E-state index contributed by atoms with van der Waals surface area (Å²) in [6.07, 6.45) is 2.08. The molecular weight excluding hydrogens is 334 g/mol. The molecule has 130 valence electrons. The van der Waals surface area contributed by atoms with Crippen LogP contribution in [-0.4, -0.2) is 16.5 Å². The molecule has 1 aliphatic rings. The molecule has 4 rings (SSSR count). The second kappa shape index (κ2) is 7.28. The van der Waals surface area contributed by atoms with Gasteiger partial charge in [-0.2, -0.15) is 4.98 Å². The lowest BCUT2D eigenvalue weighted by Gasteiger charge is -2.32. The van der Waals surface area contributed by atoms with Crippen LogP contribution in [0.25, 0.3) is 10.9 Å². The van der Waals surface area contributed by atoms with E-state index in [1.54, 1.807) is 0 Å². The van der Waals surface area contributed by atoms with Crippen LogP contribution in [0.1, 0.15) is 31.4 Å². The fourth-order valence-electron chi connectivity index (χ4n) is 3.37. The molecule has 0 amide bonds. The second-order valence-electron chi connectivity index (χ2n) is 5.86. The van der Waals surface area contributed by atoms with E-state index in [-0.39, 0.29) is 5.69 Å². The minimum absolute atomic E-state index is 0.352. The van der Waals surface area contributed by atoms with E-state index in [1.165, 1.54) is 11.1 Å². The second-order valence-corrected chi connectivity index (χ2v) is 6.26. The van der Waals surface area contributed by atoms with E-state index in [9.17, 15) is 4.79 Å². The first kappa shape index (κ1) is 17.5. The number of H-pyrrole nitrogens is 1. The van der Waals surface area contributed by atoms with Crippen LogP contribution >= 0.6 is 11.6 Å². The lowest BCUT2D eigenvalue weighted by molar-refractivity contribution is 0.755. The molecule has 0 saturated carbocycles. The molecule has 0 unspecified atom stereocenters. The van der Waals surface area contributed by atoms with Gasteiger partial charge in [-0.25, -0.2) is 4.79 Å². The molecule has 0 radical (unpaired) electrons. The Morgan fingerprint density at radius 2 is 1.92 bits per heavy atom. The van der Waals surface area contributed by atoms with Crippen LogP contribution in [-0.2, 0) is 6.42 Å². The van der Waals surface area contributed by atoms with Crippen LogP contribution in [0.3, 0.4) is 0 Å². The number of rotatable bonds is 1. The molecule has 5 heteroatoms. The van der Waals surface area contributed by atoms with Crippen LogP contribution < -0.4 is 10.6 Å². The van der Waals surface area contributed by atoms with Gasteiger partial charge in [-0.05, 0) is 49.1 Å². The number of aryl methyl sites for hydroxylation is 1. The van der Waals surface area contributed by atoms with Crippen LogP contribution in [0.5, 0.6) is 0 Å². The summed E-state index contributed by atoms with van der Waals surface area (Å²) in [6.45, 7) is 6.95. The number of hydrogen-bond acceptors (Lipinski definition) is 3. The van der Waals surface area contributed by atoms with E-state index in [0.29, 0.717) is 16.4 Å². The Balaban J connectivity index is 0.000000880. The van der Waals surface area contributed by atoms with Crippen molar-refractivity contribution in [3.63, 3.8) is 0 Å². The summed E-state index contributed by atoms with van der Waals surface area (Å²) >= 11 is 6.40. The Hall–Kier alpha value is -2.33. The van der Waals surface area contributed by atoms with Gasteiger partial charge in [0.15, 0.2) is 0 Å². The first-order valence-electron chi connectivity index (χ1n) is 8.70. The molecular formula is C20H22ClN3O. The van der Waals surface area contributed by atoms with Gasteiger partial charge in [-0.3, -0.25) is 0 Å². The highest BCUT2D eigenvalue weighted by molar-refractivity contribution is 6.36. The van der Waals surface area contributed by atoms with Crippen molar-refractivity contribution in [2.45, 2.75) is 33.6 Å². The highest BCUT2D eigenvalue weighted by Crippen LogP contribution is 2.38. The molecule has 0 aliphatic carbocycles. The van der Waals surface area contributed by atoms with Gasteiger partial charge < -0.3 is 9.88 Å². The number of nitrogens with zero attached hydrogens (tertiary/aromatic N) is 2. The maximum atomic E-state index is 12.0. The first-order valence-corrected chi connectivity index (χ1v) is 9.07. The van der Waals surface area contributed by atoms with Gasteiger partial charge in [0.1, 0.15) is 5.82 Å². The Morgan fingerprint density at radius 1 is 1.16 bits per heavy atom. The number of aromatic amines is 1. The average Bonchev–Trinajstić information content (AvgIpc) is 2.63. The maximum Gasteiger partial charge on any atom is 0.347 e. The standard InChI is InChI=1S/C18H16ClN3O.C2H6/c1-11-5-2-9-15-12(11)6-4-10-22(15)17-16-13(19)7-3-8-14(16)20-18(23)21-17;1-2/h2-3,5,7-9H,4,6,10H2,1H3,(H,20,21,23);1-2H3. The van der Waals surface area contributed by atoms with Gasteiger partial charge in [0.05, 0.1) is 15.9 Å². The van der Waals surface area contributed by atoms with Crippen molar-refractivity contribution in [2.75, 3.05) is 11.4 Å². The lowest BCUT2D eigenvalue weighted by Crippen LogP contribution is -2.28. The third-order valence-electron chi connectivity index (χ3n) is 4.43. The van der Waals surface area contributed by atoms with E-state index in [4.69, 9.17) is 11.6 Å². The van der Waals surface area contributed by atoms with Gasteiger partial charge >= 0.3 is 5.69 Å². The van der Waals surface area contributed by atoms with E-state index >= 15 is 0 Å². The van der Waals surface area contributed by atoms with Gasteiger partial charge in [0.2, 0.25) is 0 Å². The largest absolute Gasteiger partial charge is 0.347 e. The summed E-state index contributed by atoms with van der Waals surface area (Å²) in [7, 11) is 0. The molecule has 0 fully saturated rings. The molecule has 3 aromatic rings. The summed E-state index contributed by atoms with van der Waals surface area (Å²) in [4.78, 5) is 21.1. The molecule has 1 aliphatic heterocycles. The Kier molecular flexibility index (Phi) is 5.09. The lowest BCUT2D eigenvalue weighted by atomic mass is 9.97. The van der Waals surface area contributed by atoms with Gasteiger partial charge in [-0.1, -0.05) is 43.6 Å². The number of fused-ring (bicyclic) bond motifs is 2. The van der Waals surface area contributed by atoms with E-state index in [1.807, 2.05) is 38.1 Å². The van der Waals surface area contributed by atoms with Crippen molar-refractivity contribution in [2.24, 2.45) is 0 Å². The third kappa shape index (κ3) is 3.14. The third-order valence-corrected chi connectivity index (χ3v) is 4.74.